The number of hydrogen-bond acceptors (Lipinski definition) is 5. The molecule has 0 bridgehead atoms. The van der Waals surface area contributed by atoms with Crippen molar-refractivity contribution in [2.24, 2.45) is 0 Å². The Hall–Kier alpha value is -0.730. The monoisotopic (exact) mass is 303 g/mol. The van der Waals surface area contributed by atoms with Gasteiger partial charge in [0.1, 0.15) is 0 Å². The summed E-state index contributed by atoms with van der Waals surface area (Å²) in [5.74, 6) is 0. The second kappa shape index (κ2) is 5.50. The molecule has 0 aliphatic carbocycles. The molecule has 0 spiro atoms. The van der Waals surface area contributed by atoms with E-state index in [0.717, 1.165) is 5.56 Å². The molecule has 0 saturated heterocycles. The van der Waals surface area contributed by atoms with E-state index >= 15 is 0 Å². The third kappa shape index (κ3) is 2.99. The highest BCUT2D eigenvalue weighted by Gasteiger charge is 2.19. The van der Waals surface area contributed by atoms with Gasteiger partial charge in [-0.25, -0.2) is 13.1 Å². The van der Waals surface area contributed by atoms with Crippen molar-refractivity contribution >= 4 is 32.7 Å². The number of nitrogens with one attached hydrogen (secondary N) is 1. The van der Waals surface area contributed by atoms with Gasteiger partial charge in [0.05, 0.1) is 11.5 Å². The minimum absolute atomic E-state index is 0.139. The van der Waals surface area contributed by atoms with Crippen LogP contribution in [0.2, 0.25) is 0 Å². The summed E-state index contributed by atoms with van der Waals surface area (Å²) in [4.78, 5) is 0.845. The van der Waals surface area contributed by atoms with Gasteiger partial charge in [0.2, 0.25) is 10.0 Å². The highest BCUT2D eigenvalue weighted by molar-refractivity contribution is 7.89. The molecule has 0 fully saturated rings. The summed E-state index contributed by atoms with van der Waals surface area (Å²) >= 11 is 2.77. The molecule has 4 nitrogen and oxygen atoms in total. The number of aliphatic hydroxyl groups excluding tert-OH is 1. The highest BCUT2D eigenvalue weighted by Crippen LogP contribution is 2.22. The minimum atomic E-state index is -3.52. The molecule has 0 radical (unpaired) electrons. The lowest BCUT2D eigenvalue weighted by molar-refractivity contribution is 0.285. The maximum atomic E-state index is 12.1. The summed E-state index contributed by atoms with van der Waals surface area (Å²) in [5, 5.41) is 14.3. The average molecular weight is 303 g/mol. The lowest BCUT2D eigenvalue weighted by Gasteiger charge is -2.11. The Kier molecular flexibility index (Phi) is 4.18. The van der Waals surface area contributed by atoms with Gasteiger partial charge in [-0.05, 0) is 35.4 Å². The van der Waals surface area contributed by atoms with Crippen molar-refractivity contribution in [2.75, 3.05) is 0 Å². The molecule has 18 heavy (non-hydrogen) atoms. The van der Waals surface area contributed by atoms with Crippen LogP contribution in [0.1, 0.15) is 23.4 Å². The Bertz CT molecular complexity index is 601. The quantitative estimate of drug-likeness (QED) is 0.891. The van der Waals surface area contributed by atoms with Crippen LogP contribution in [0.5, 0.6) is 0 Å². The number of rotatable bonds is 5. The van der Waals surface area contributed by atoms with Gasteiger partial charge >= 0.3 is 0 Å². The Morgan fingerprint density at radius 3 is 2.78 bits per heavy atom. The fraction of sp³-hybridized carbons (Fsp3) is 0.273. The zero-order valence-electron chi connectivity index (χ0n) is 9.66. The molecule has 2 aromatic rings. The third-order valence-electron chi connectivity index (χ3n) is 2.47. The fourth-order valence-electron chi connectivity index (χ4n) is 1.47. The zero-order valence-corrected chi connectivity index (χ0v) is 12.1. The zero-order chi connectivity index (χ0) is 13.2. The molecule has 2 N–H and O–H groups in total. The first-order valence-corrected chi connectivity index (χ1v) is 8.56. The van der Waals surface area contributed by atoms with Crippen molar-refractivity contribution in [1.29, 1.82) is 0 Å². The SMILES string of the molecule is CC(NS(=O)(=O)c1csc(CO)c1)c1ccsc1. The smallest absolute Gasteiger partial charge is 0.241 e. The van der Waals surface area contributed by atoms with E-state index in [1.807, 2.05) is 16.8 Å². The van der Waals surface area contributed by atoms with E-state index in [1.54, 1.807) is 6.92 Å². The van der Waals surface area contributed by atoms with E-state index in [-0.39, 0.29) is 17.5 Å². The summed E-state index contributed by atoms with van der Waals surface area (Å²) in [7, 11) is -3.52. The van der Waals surface area contributed by atoms with Crippen LogP contribution in [-0.2, 0) is 16.6 Å². The molecule has 0 aromatic carbocycles. The molecule has 2 heterocycles. The van der Waals surface area contributed by atoms with E-state index in [4.69, 9.17) is 5.11 Å². The predicted octanol–water partition coefficient (Wildman–Crippen LogP) is 2.34. The van der Waals surface area contributed by atoms with Crippen molar-refractivity contribution in [3.8, 4) is 0 Å². The van der Waals surface area contributed by atoms with Crippen molar-refractivity contribution in [1.82, 2.24) is 4.72 Å². The lowest BCUT2D eigenvalue weighted by atomic mass is 10.2. The fourth-order valence-corrected chi connectivity index (χ4v) is 4.59. The summed E-state index contributed by atoms with van der Waals surface area (Å²) in [5.41, 5.74) is 0.946. The van der Waals surface area contributed by atoms with Crippen LogP contribution in [0, 0.1) is 0 Å². The van der Waals surface area contributed by atoms with Gasteiger partial charge < -0.3 is 5.11 Å². The lowest BCUT2D eigenvalue weighted by Crippen LogP contribution is -2.26. The molecule has 1 unspecified atom stereocenters. The molecule has 2 rings (SSSR count). The summed E-state index contributed by atoms with van der Waals surface area (Å²) in [6.45, 7) is 1.67. The van der Waals surface area contributed by atoms with Crippen LogP contribution in [-0.4, -0.2) is 13.5 Å². The van der Waals surface area contributed by atoms with Crippen LogP contribution in [0.3, 0.4) is 0 Å². The standard InChI is InChI=1S/C11H13NO3S3/c1-8(9-2-3-16-6-9)12-18(14,15)11-4-10(5-13)17-7-11/h2-4,6-8,12-13H,5H2,1H3. The second-order valence-corrected chi connectivity index (χ2v) is 7.30. The predicted molar refractivity (Wildman–Crippen MR) is 73.3 cm³/mol. The largest absolute Gasteiger partial charge is 0.391 e. The van der Waals surface area contributed by atoms with Gasteiger partial charge in [-0.2, -0.15) is 11.3 Å². The molecule has 0 aliphatic rings. The second-order valence-electron chi connectivity index (χ2n) is 3.81. The summed E-state index contributed by atoms with van der Waals surface area (Å²) < 4.78 is 26.8. The van der Waals surface area contributed by atoms with Crippen LogP contribution in [0.15, 0.2) is 33.2 Å². The highest BCUT2D eigenvalue weighted by atomic mass is 32.2. The van der Waals surface area contributed by atoms with Crippen LogP contribution in [0.4, 0.5) is 0 Å². The summed E-state index contributed by atoms with van der Waals surface area (Å²) in [6.07, 6.45) is 0. The maximum Gasteiger partial charge on any atom is 0.241 e. The van der Waals surface area contributed by atoms with E-state index in [2.05, 4.69) is 4.72 Å². The Balaban J connectivity index is 2.17. The molecule has 2 aromatic heterocycles. The van der Waals surface area contributed by atoms with Gasteiger partial charge in [-0.15, -0.1) is 11.3 Å². The normalized spacial score (nSPS) is 13.7. The van der Waals surface area contributed by atoms with Crippen molar-refractivity contribution in [3.63, 3.8) is 0 Å². The summed E-state index contributed by atoms with van der Waals surface area (Å²) in [6, 6.07) is 3.12. The number of sulfonamides is 1. The molecule has 0 amide bonds. The number of thiophene rings is 2. The average Bonchev–Trinajstić information content (AvgIpc) is 3.00. The minimum Gasteiger partial charge on any atom is -0.391 e. The van der Waals surface area contributed by atoms with E-state index < -0.39 is 10.0 Å². The van der Waals surface area contributed by atoms with Gasteiger partial charge in [0, 0.05) is 16.3 Å². The Morgan fingerprint density at radius 1 is 1.44 bits per heavy atom. The molecule has 1 atom stereocenters. The van der Waals surface area contributed by atoms with Crippen LogP contribution < -0.4 is 4.72 Å². The molecule has 98 valence electrons. The van der Waals surface area contributed by atoms with E-state index in [0.29, 0.717) is 4.88 Å². The molecule has 0 aliphatic heterocycles. The Morgan fingerprint density at radius 2 is 2.22 bits per heavy atom. The first kappa shape index (κ1) is 13.7. The number of hydrogen-bond donors (Lipinski definition) is 2. The first-order valence-electron chi connectivity index (χ1n) is 5.25. The van der Waals surface area contributed by atoms with Crippen molar-refractivity contribution < 1.29 is 13.5 Å². The van der Waals surface area contributed by atoms with Crippen molar-refractivity contribution in [2.45, 2.75) is 24.5 Å². The topological polar surface area (TPSA) is 66.4 Å². The maximum absolute atomic E-state index is 12.1. The number of aliphatic hydroxyl groups is 1. The molecule has 7 heteroatoms. The van der Waals surface area contributed by atoms with Gasteiger partial charge in [0.15, 0.2) is 0 Å². The van der Waals surface area contributed by atoms with Crippen molar-refractivity contribution in [3.05, 3.63) is 38.7 Å². The first-order chi connectivity index (χ1) is 8.53. The van der Waals surface area contributed by atoms with Crippen LogP contribution in [0.25, 0.3) is 0 Å². The molecule has 0 saturated carbocycles. The van der Waals surface area contributed by atoms with Crippen LogP contribution >= 0.6 is 22.7 Å². The molecular formula is C11H13NO3S3. The van der Waals surface area contributed by atoms with Gasteiger partial charge in [-0.1, -0.05) is 0 Å². The Labute approximate surface area is 114 Å². The van der Waals surface area contributed by atoms with Gasteiger partial charge in [-0.3, -0.25) is 0 Å². The third-order valence-corrected chi connectivity index (χ3v) is 5.76. The van der Waals surface area contributed by atoms with Gasteiger partial charge in [0.25, 0.3) is 0 Å². The van der Waals surface area contributed by atoms with E-state index in [9.17, 15) is 8.42 Å². The van der Waals surface area contributed by atoms with E-state index in [1.165, 1.54) is 34.1 Å². The molecular weight excluding hydrogens is 290 g/mol.